The fourth-order valence-corrected chi connectivity index (χ4v) is 3.46. The molecule has 3 nitrogen and oxygen atoms in total. The summed E-state index contributed by atoms with van der Waals surface area (Å²) in [6.45, 7) is 0.619. The molecule has 6 heteroatoms. The molecule has 1 aromatic carbocycles. The predicted molar refractivity (Wildman–Crippen MR) is 82.5 cm³/mol. The molecular formula is C13H11BrClNO2S. The van der Waals surface area contributed by atoms with Gasteiger partial charge in [0.2, 0.25) is 0 Å². The number of anilines is 1. The van der Waals surface area contributed by atoms with Gasteiger partial charge < -0.3 is 10.0 Å². The van der Waals surface area contributed by atoms with E-state index in [-0.39, 0.29) is 5.56 Å². The second-order valence-corrected chi connectivity index (χ2v) is 6.65. The third-order valence-corrected chi connectivity index (χ3v) is 4.52. The molecule has 1 N–H and O–H groups in total. The van der Waals surface area contributed by atoms with E-state index in [0.717, 1.165) is 9.21 Å². The lowest BCUT2D eigenvalue weighted by atomic mass is 10.1. The standard InChI is InChI=1S/C13H11BrClNO2S/c1-16(7-8-5-6-11(15)19-8)10-4-2-3-9(14)12(10)13(17)18/h2-6H,7H2,1H3,(H,17,18). The van der Waals surface area contributed by atoms with Crippen LogP contribution < -0.4 is 4.90 Å². The molecule has 0 aliphatic carbocycles. The summed E-state index contributed by atoms with van der Waals surface area (Å²) in [5.74, 6) is -0.946. The zero-order valence-electron chi connectivity index (χ0n) is 10.1. The lowest BCUT2D eigenvalue weighted by Crippen LogP contribution is -2.19. The fraction of sp³-hybridized carbons (Fsp3) is 0.154. The molecule has 100 valence electrons. The number of nitrogens with zero attached hydrogens (tertiary/aromatic N) is 1. The first-order valence-electron chi connectivity index (χ1n) is 5.46. The summed E-state index contributed by atoms with van der Waals surface area (Å²) < 4.78 is 1.31. The van der Waals surface area contributed by atoms with Crippen LogP contribution in [0.25, 0.3) is 0 Å². The molecule has 0 saturated heterocycles. The molecule has 0 aliphatic rings. The molecule has 1 aromatic heterocycles. The Morgan fingerprint density at radius 1 is 1.42 bits per heavy atom. The van der Waals surface area contributed by atoms with Crippen molar-refractivity contribution < 1.29 is 9.90 Å². The topological polar surface area (TPSA) is 40.5 Å². The monoisotopic (exact) mass is 359 g/mol. The van der Waals surface area contributed by atoms with E-state index in [2.05, 4.69) is 15.9 Å². The molecule has 0 atom stereocenters. The summed E-state index contributed by atoms with van der Waals surface area (Å²) in [5.41, 5.74) is 0.944. The summed E-state index contributed by atoms with van der Waals surface area (Å²) in [5, 5.41) is 9.29. The Morgan fingerprint density at radius 2 is 2.16 bits per heavy atom. The molecule has 19 heavy (non-hydrogen) atoms. The van der Waals surface area contributed by atoms with Gasteiger partial charge in [-0.3, -0.25) is 0 Å². The molecular weight excluding hydrogens is 350 g/mol. The number of carboxylic acid groups (broad SMARTS) is 1. The highest BCUT2D eigenvalue weighted by molar-refractivity contribution is 9.10. The van der Waals surface area contributed by atoms with Crippen LogP contribution in [0.15, 0.2) is 34.8 Å². The summed E-state index contributed by atoms with van der Waals surface area (Å²) in [4.78, 5) is 14.3. The number of halogens is 2. The maximum atomic E-state index is 11.3. The Morgan fingerprint density at radius 3 is 2.74 bits per heavy atom. The molecule has 0 bridgehead atoms. The largest absolute Gasteiger partial charge is 0.478 e. The highest BCUT2D eigenvalue weighted by Crippen LogP contribution is 2.30. The molecule has 2 aromatic rings. The summed E-state index contributed by atoms with van der Waals surface area (Å²) in [7, 11) is 1.86. The van der Waals surface area contributed by atoms with Gasteiger partial charge in [-0.25, -0.2) is 4.79 Å². The van der Waals surface area contributed by atoms with Gasteiger partial charge in [0.15, 0.2) is 0 Å². The van der Waals surface area contributed by atoms with Crippen molar-refractivity contribution >= 4 is 50.5 Å². The van der Waals surface area contributed by atoms with Crippen LogP contribution in [0, 0.1) is 0 Å². The third kappa shape index (κ3) is 3.29. The van der Waals surface area contributed by atoms with E-state index < -0.39 is 5.97 Å². The maximum absolute atomic E-state index is 11.3. The molecule has 0 radical (unpaired) electrons. The number of aromatic carboxylic acids is 1. The molecule has 0 unspecified atom stereocenters. The first kappa shape index (κ1) is 14.4. The van der Waals surface area contributed by atoms with Gasteiger partial charge in [-0.15, -0.1) is 11.3 Å². The second-order valence-electron chi connectivity index (χ2n) is 4.00. The average Bonchev–Trinajstić information content (AvgIpc) is 2.73. The van der Waals surface area contributed by atoms with Crippen molar-refractivity contribution in [2.24, 2.45) is 0 Å². The maximum Gasteiger partial charge on any atom is 0.338 e. The summed E-state index contributed by atoms with van der Waals surface area (Å²) in [6.07, 6.45) is 0. The Kier molecular flexibility index (Phi) is 4.50. The quantitative estimate of drug-likeness (QED) is 0.873. The van der Waals surface area contributed by atoms with Crippen molar-refractivity contribution in [3.05, 3.63) is 49.6 Å². The SMILES string of the molecule is CN(Cc1ccc(Cl)s1)c1cccc(Br)c1C(=O)O. The van der Waals surface area contributed by atoms with E-state index >= 15 is 0 Å². The minimum absolute atomic E-state index is 0.271. The van der Waals surface area contributed by atoms with Crippen molar-refractivity contribution in [2.75, 3.05) is 11.9 Å². The number of carbonyl (C=O) groups is 1. The second kappa shape index (κ2) is 5.94. The van der Waals surface area contributed by atoms with Crippen LogP contribution in [0.2, 0.25) is 4.34 Å². The molecule has 0 fully saturated rings. The van der Waals surface area contributed by atoms with E-state index in [1.807, 2.05) is 30.1 Å². The summed E-state index contributed by atoms with van der Waals surface area (Å²) in [6, 6.07) is 9.13. The number of hydrogen-bond acceptors (Lipinski definition) is 3. The predicted octanol–water partition coefficient (Wildman–Crippen LogP) is 4.50. The van der Waals surface area contributed by atoms with Crippen LogP contribution in [0.4, 0.5) is 5.69 Å². The van der Waals surface area contributed by atoms with Crippen molar-refractivity contribution in [3.63, 3.8) is 0 Å². The Labute approximate surface area is 128 Å². The van der Waals surface area contributed by atoms with Crippen LogP contribution in [0.3, 0.4) is 0 Å². The molecule has 2 rings (SSSR count). The normalized spacial score (nSPS) is 10.5. The Bertz CT molecular complexity index is 614. The molecule has 0 aliphatic heterocycles. The highest BCUT2D eigenvalue weighted by atomic mass is 79.9. The number of carboxylic acids is 1. The van der Waals surface area contributed by atoms with Crippen LogP contribution in [-0.4, -0.2) is 18.1 Å². The van der Waals surface area contributed by atoms with Crippen molar-refractivity contribution in [1.82, 2.24) is 0 Å². The molecule has 1 heterocycles. The van der Waals surface area contributed by atoms with Gasteiger partial charge in [-0.1, -0.05) is 17.7 Å². The van der Waals surface area contributed by atoms with Crippen LogP contribution in [0.5, 0.6) is 0 Å². The van der Waals surface area contributed by atoms with Gasteiger partial charge in [0, 0.05) is 16.4 Å². The van der Waals surface area contributed by atoms with E-state index in [1.165, 1.54) is 11.3 Å². The van der Waals surface area contributed by atoms with E-state index in [4.69, 9.17) is 11.6 Å². The zero-order chi connectivity index (χ0) is 14.0. The van der Waals surface area contributed by atoms with Crippen molar-refractivity contribution in [1.29, 1.82) is 0 Å². The van der Waals surface area contributed by atoms with Crippen molar-refractivity contribution in [3.8, 4) is 0 Å². The Hall–Kier alpha value is -1.04. The van der Waals surface area contributed by atoms with Gasteiger partial charge in [-0.05, 0) is 40.2 Å². The van der Waals surface area contributed by atoms with Gasteiger partial charge in [0.25, 0.3) is 0 Å². The number of thiophene rings is 1. The fourth-order valence-electron chi connectivity index (χ4n) is 1.80. The molecule has 0 amide bonds. The molecule has 0 spiro atoms. The van der Waals surface area contributed by atoms with Crippen molar-refractivity contribution in [2.45, 2.75) is 6.54 Å². The Balaban J connectivity index is 2.31. The minimum Gasteiger partial charge on any atom is -0.478 e. The average molecular weight is 361 g/mol. The highest BCUT2D eigenvalue weighted by Gasteiger charge is 2.17. The van der Waals surface area contributed by atoms with Gasteiger partial charge in [0.05, 0.1) is 22.1 Å². The lowest BCUT2D eigenvalue weighted by Gasteiger charge is -2.21. The first-order valence-corrected chi connectivity index (χ1v) is 7.45. The third-order valence-electron chi connectivity index (χ3n) is 2.64. The van der Waals surface area contributed by atoms with Crippen LogP contribution in [-0.2, 0) is 6.54 Å². The van der Waals surface area contributed by atoms with Crippen LogP contribution in [0.1, 0.15) is 15.2 Å². The van der Waals surface area contributed by atoms with E-state index in [9.17, 15) is 9.90 Å². The van der Waals surface area contributed by atoms with E-state index in [0.29, 0.717) is 16.7 Å². The van der Waals surface area contributed by atoms with E-state index in [1.54, 1.807) is 12.1 Å². The van der Waals surface area contributed by atoms with Crippen LogP contribution >= 0.6 is 38.9 Å². The zero-order valence-corrected chi connectivity index (χ0v) is 13.2. The number of rotatable bonds is 4. The lowest BCUT2D eigenvalue weighted by molar-refractivity contribution is 0.0696. The molecule has 0 saturated carbocycles. The first-order chi connectivity index (χ1) is 8.99. The summed E-state index contributed by atoms with van der Waals surface area (Å²) >= 11 is 10.7. The smallest absolute Gasteiger partial charge is 0.338 e. The van der Waals surface area contributed by atoms with Gasteiger partial charge in [-0.2, -0.15) is 0 Å². The minimum atomic E-state index is -0.946. The van der Waals surface area contributed by atoms with Gasteiger partial charge in [0.1, 0.15) is 0 Å². The van der Waals surface area contributed by atoms with Gasteiger partial charge >= 0.3 is 5.97 Å². The number of benzene rings is 1. The number of hydrogen-bond donors (Lipinski definition) is 1.